The molecule has 1 aliphatic rings. The molecule has 0 aromatic heterocycles. The average molecular weight is 297 g/mol. The zero-order chi connectivity index (χ0) is 14.6. The van der Waals surface area contributed by atoms with Gasteiger partial charge in [0.15, 0.2) is 0 Å². The molecule has 5 heteroatoms. The number of rotatable bonds is 6. The maximum Gasteiger partial charge on any atom is 0.244 e. The van der Waals surface area contributed by atoms with Gasteiger partial charge in [-0.1, -0.05) is 13.3 Å². The second kappa shape index (κ2) is 6.59. The molecule has 1 aromatic rings. The first-order chi connectivity index (χ1) is 9.58. The van der Waals surface area contributed by atoms with E-state index < -0.39 is 10.0 Å². The van der Waals surface area contributed by atoms with Crippen molar-refractivity contribution in [2.75, 3.05) is 13.7 Å². The molecule has 0 spiro atoms. The predicted molar refractivity (Wildman–Crippen MR) is 79.7 cm³/mol. The van der Waals surface area contributed by atoms with E-state index in [0.29, 0.717) is 12.3 Å². The van der Waals surface area contributed by atoms with E-state index in [1.54, 1.807) is 6.07 Å². The minimum atomic E-state index is -3.48. The number of hydrogen-bond donors (Lipinski definition) is 1. The van der Waals surface area contributed by atoms with Crippen LogP contribution in [0, 0.1) is 0 Å². The Kier molecular flexibility index (Phi) is 5.05. The Labute approximate surface area is 121 Å². The lowest BCUT2D eigenvalue weighted by molar-refractivity contribution is 0.401. The van der Waals surface area contributed by atoms with Gasteiger partial charge >= 0.3 is 0 Å². The highest BCUT2D eigenvalue weighted by Gasteiger charge is 2.22. The van der Waals surface area contributed by atoms with Gasteiger partial charge in [0.2, 0.25) is 10.0 Å². The van der Waals surface area contributed by atoms with Crippen molar-refractivity contribution in [1.29, 1.82) is 0 Å². The van der Waals surface area contributed by atoms with E-state index in [1.165, 1.54) is 12.7 Å². The summed E-state index contributed by atoms with van der Waals surface area (Å²) in [5.74, 6) is 0.453. The Morgan fingerprint density at radius 1 is 1.20 bits per heavy atom. The molecule has 0 amide bonds. The van der Waals surface area contributed by atoms with E-state index in [1.807, 2.05) is 13.0 Å². The fourth-order valence-electron chi connectivity index (χ4n) is 2.57. The maximum absolute atomic E-state index is 12.4. The second-order valence-corrected chi connectivity index (χ2v) is 6.97. The Morgan fingerprint density at radius 3 is 2.45 bits per heavy atom. The summed E-state index contributed by atoms with van der Waals surface area (Å²) in [6.45, 7) is 2.51. The van der Waals surface area contributed by atoms with Crippen LogP contribution in [0.3, 0.4) is 0 Å². The van der Waals surface area contributed by atoms with E-state index in [-0.39, 0.29) is 4.90 Å². The highest BCUT2D eigenvalue weighted by molar-refractivity contribution is 7.89. The van der Waals surface area contributed by atoms with Crippen molar-refractivity contribution in [2.24, 2.45) is 0 Å². The average Bonchev–Trinajstić information content (AvgIpc) is 2.46. The number of ether oxygens (including phenoxy) is 1. The predicted octanol–water partition coefficient (Wildman–Crippen LogP) is 2.65. The molecule has 1 N–H and O–H groups in total. The first kappa shape index (κ1) is 15.3. The minimum absolute atomic E-state index is 0.275. The first-order valence-electron chi connectivity index (χ1n) is 7.28. The molecule has 0 fully saturated rings. The summed E-state index contributed by atoms with van der Waals surface area (Å²) < 4.78 is 32.7. The van der Waals surface area contributed by atoms with Crippen molar-refractivity contribution in [2.45, 2.75) is 50.3 Å². The molecule has 1 aliphatic carbocycles. The van der Waals surface area contributed by atoms with Crippen LogP contribution in [-0.2, 0) is 22.9 Å². The lowest BCUT2D eigenvalue weighted by atomic mass is 9.92. The van der Waals surface area contributed by atoms with Gasteiger partial charge < -0.3 is 4.74 Å². The first-order valence-corrected chi connectivity index (χ1v) is 8.76. The summed E-state index contributed by atoms with van der Waals surface area (Å²) in [6.07, 6.45) is 6.06. The molecule has 0 radical (unpaired) electrons. The number of methoxy groups -OCH3 is 1. The molecule has 112 valence electrons. The largest absolute Gasteiger partial charge is 0.495 e. The van der Waals surface area contributed by atoms with Gasteiger partial charge in [-0.3, -0.25) is 0 Å². The molecule has 0 heterocycles. The van der Waals surface area contributed by atoms with Gasteiger partial charge in [0, 0.05) is 6.54 Å². The maximum atomic E-state index is 12.4. The molecule has 20 heavy (non-hydrogen) atoms. The van der Waals surface area contributed by atoms with Crippen LogP contribution in [0.15, 0.2) is 17.0 Å². The quantitative estimate of drug-likeness (QED) is 0.821. The summed E-state index contributed by atoms with van der Waals surface area (Å²) in [5, 5.41) is 0. The molecule has 0 saturated carbocycles. The van der Waals surface area contributed by atoms with Crippen LogP contribution < -0.4 is 9.46 Å². The molecule has 0 unspecified atom stereocenters. The second-order valence-electron chi connectivity index (χ2n) is 5.23. The van der Waals surface area contributed by atoms with Crippen molar-refractivity contribution >= 4 is 10.0 Å². The highest BCUT2D eigenvalue weighted by Crippen LogP contribution is 2.31. The molecule has 1 aromatic carbocycles. The summed E-state index contributed by atoms with van der Waals surface area (Å²) in [5.41, 5.74) is 2.37. The van der Waals surface area contributed by atoms with E-state index in [0.717, 1.165) is 44.1 Å². The number of hydrogen-bond acceptors (Lipinski definition) is 3. The van der Waals surface area contributed by atoms with Gasteiger partial charge in [0.1, 0.15) is 10.6 Å². The number of fused-ring (bicyclic) bond motifs is 1. The molecule has 0 saturated heterocycles. The monoisotopic (exact) mass is 297 g/mol. The number of nitrogens with one attached hydrogen (secondary N) is 1. The van der Waals surface area contributed by atoms with Gasteiger partial charge in [-0.15, -0.1) is 0 Å². The van der Waals surface area contributed by atoms with Gasteiger partial charge in [-0.2, -0.15) is 0 Å². The normalized spacial score (nSPS) is 14.9. The molecule has 0 atom stereocenters. The number of aryl methyl sites for hydroxylation is 2. The van der Waals surface area contributed by atoms with Crippen molar-refractivity contribution in [3.8, 4) is 5.75 Å². The molecule has 0 aliphatic heterocycles. The van der Waals surface area contributed by atoms with E-state index in [2.05, 4.69) is 4.72 Å². The SMILES string of the molecule is CCCCNS(=O)(=O)c1cc2c(cc1OC)CCCC2. The van der Waals surface area contributed by atoms with Gasteiger partial charge in [0.25, 0.3) is 0 Å². The zero-order valence-electron chi connectivity index (χ0n) is 12.2. The summed E-state index contributed by atoms with van der Waals surface area (Å²) in [6, 6.07) is 3.69. The third-order valence-corrected chi connectivity index (χ3v) is 5.22. The fourth-order valence-corrected chi connectivity index (χ4v) is 3.84. The van der Waals surface area contributed by atoms with E-state index in [4.69, 9.17) is 4.74 Å². The Hall–Kier alpha value is -1.07. The lowest BCUT2D eigenvalue weighted by Crippen LogP contribution is -2.25. The van der Waals surface area contributed by atoms with Crippen molar-refractivity contribution in [3.63, 3.8) is 0 Å². The Balaban J connectivity index is 2.34. The minimum Gasteiger partial charge on any atom is -0.495 e. The van der Waals surface area contributed by atoms with Gasteiger partial charge in [0.05, 0.1) is 7.11 Å². The fraction of sp³-hybridized carbons (Fsp3) is 0.600. The lowest BCUT2D eigenvalue weighted by Gasteiger charge is -2.19. The van der Waals surface area contributed by atoms with Crippen molar-refractivity contribution in [3.05, 3.63) is 23.3 Å². The summed E-state index contributed by atoms with van der Waals surface area (Å²) >= 11 is 0. The Bertz CT molecular complexity index is 567. The van der Waals surface area contributed by atoms with Crippen LogP contribution in [-0.4, -0.2) is 22.1 Å². The van der Waals surface area contributed by atoms with Gasteiger partial charge in [-0.25, -0.2) is 13.1 Å². The third kappa shape index (κ3) is 3.33. The molecular weight excluding hydrogens is 274 g/mol. The highest BCUT2D eigenvalue weighted by atomic mass is 32.2. The topological polar surface area (TPSA) is 55.4 Å². The number of unbranched alkanes of at least 4 members (excludes halogenated alkanes) is 1. The van der Waals surface area contributed by atoms with E-state index >= 15 is 0 Å². The zero-order valence-corrected chi connectivity index (χ0v) is 13.1. The smallest absolute Gasteiger partial charge is 0.244 e. The van der Waals surface area contributed by atoms with Crippen LogP contribution in [0.25, 0.3) is 0 Å². The molecular formula is C15H23NO3S. The molecule has 0 bridgehead atoms. The molecule has 4 nitrogen and oxygen atoms in total. The van der Waals surface area contributed by atoms with Crippen molar-refractivity contribution < 1.29 is 13.2 Å². The van der Waals surface area contributed by atoms with Crippen molar-refractivity contribution in [1.82, 2.24) is 4.72 Å². The number of benzene rings is 1. The summed E-state index contributed by atoms with van der Waals surface area (Å²) in [4.78, 5) is 0.275. The molecule has 2 rings (SSSR count). The van der Waals surface area contributed by atoms with E-state index in [9.17, 15) is 8.42 Å². The van der Waals surface area contributed by atoms with Crippen LogP contribution >= 0.6 is 0 Å². The summed E-state index contributed by atoms with van der Waals surface area (Å²) in [7, 11) is -1.96. The van der Waals surface area contributed by atoms with Crippen LogP contribution in [0.4, 0.5) is 0 Å². The van der Waals surface area contributed by atoms with Crippen LogP contribution in [0.2, 0.25) is 0 Å². The van der Waals surface area contributed by atoms with Crippen LogP contribution in [0.5, 0.6) is 5.75 Å². The van der Waals surface area contributed by atoms with Crippen LogP contribution in [0.1, 0.15) is 43.7 Å². The third-order valence-electron chi connectivity index (χ3n) is 3.74. The van der Waals surface area contributed by atoms with Gasteiger partial charge in [-0.05, 0) is 55.4 Å². The number of sulfonamides is 1. The standard InChI is InChI=1S/C15H23NO3S/c1-3-4-9-16-20(17,18)15-11-13-8-6-5-7-12(13)10-14(15)19-2/h10-11,16H,3-9H2,1-2H3. The Morgan fingerprint density at radius 2 is 1.85 bits per heavy atom.